The Bertz CT molecular complexity index is 888. The number of rotatable bonds is 6. The molecule has 1 N–H and O–H groups in total. The number of fused-ring (bicyclic) bond motifs is 1. The third-order valence-corrected chi connectivity index (χ3v) is 4.06. The highest BCUT2D eigenvalue weighted by Gasteiger charge is 2.17. The zero-order valence-corrected chi connectivity index (χ0v) is 14.4. The van der Waals surface area contributed by atoms with Gasteiger partial charge in [-0.2, -0.15) is 0 Å². The Labute approximate surface area is 145 Å². The minimum absolute atomic E-state index is 0.142. The lowest BCUT2D eigenvalue weighted by Gasteiger charge is -2.18. The van der Waals surface area contributed by atoms with Crippen LogP contribution in [0.3, 0.4) is 0 Å². The second-order valence-electron chi connectivity index (χ2n) is 5.70. The molecule has 0 aliphatic carbocycles. The van der Waals surface area contributed by atoms with Gasteiger partial charge in [-0.15, -0.1) is 0 Å². The van der Waals surface area contributed by atoms with Crippen LogP contribution in [0, 0.1) is 0 Å². The summed E-state index contributed by atoms with van der Waals surface area (Å²) >= 11 is 0. The van der Waals surface area contributed by atoms with Crippen LogP contribution < -0.4 is 14.8 Å². The fourth-order valence-electron chi connectivity index (χ4n) is 2.77. The minimum atomic E-state index is -0.240. The Morgan fingerprint density at radius 2 is 2.00 bits per heavy atom. The smallest absolute Gasteiger partial charge is 0.226 e. The predicted octanol–water partition coefficient (Wildman–Crippen LogP) is 3.26. The maximum absolute atomic E-state index is 12.4. The highest BCUT2D eigenvalue weighted by atomic mass is 16.5. The van der Waals surface area contributed by atoms with E-state index in [-0.39, 0.29) is 18.4 Å². The minimum Gasteiger partial charge on any atom is -0.497 e. The summed E-state index contributed by atoms with van der Waals surface area (Å²) in [5.74, 6) is 1.26. The van der Waals surface area contributed by atoms with Gasteiger partial charge in [0.2, 0.25) is 5.91 Å². The first-order valence-corrected chi connectivity index (χ1v) is 7.97. The van der Waals surface area contributed by atoms with Crippen LogP contribution in [0.25, 0.3) is 11.0 Å². The van der Waals surface area contributed by atoms with Crippen LogP contribution in [0.4, 0.5) is 0 Å². The number of benzene rings is 2. The van der Waals surface area contributed by atoms with Crippen LogP contribution in [0.2, 0.25) is 0 Å². The highest BCUT2D eigenvalue weighted by molar-refractivity contribution is 5.86. The number of carbonyl (C=O) groups excluding carboxylic acids is 1. The van der Waals surface area contributed by atoms with Gasteiger partial charge in [0.05, 0.1) is 26.7 Å². The van der Waals surface area contributed by atoms with E-state index < -0.39 is 0 Å². The van der Waals surface area contributed by atoms with Crippen LogP contribution in [-0.4, -0.2) is 25.3 Å². The van der Waals surface area contributed by atoms with Gasteiger partial charge in [-0.3, -0.25) is 4.79 Å². The number of amides is 1. The summed E-state index contributed by atoms with van der Waals surface area (Å²) in [6.45, 7) is 1.90. The van der Waals surface area contributed by atoms with Crippen molar-refractivity contribution in [2.24, 2.45) is 0 Å². The molecule has 0 aliphatic heterocycles. The van der Waals surface area contributed by atoms with E-state index in [0.717, 1.165) is 10.9 Å². The molecule has 0 spiro atoms. The van der Waals surface area contributed by atoms with Gasteiger partial charge in [-0.1, -0.05) is 17.3 Å². The zero-order valence-electron chi connectivity index (χ0n) is 14.4. The lowest BCUT2D eigenvalue weighted by molar-refractivity contribution is -0.121. The molecular formula is C19H20N2O4. The van der Waals surface area contributed by atoms with E-state index in [2.05, 4.69) is 10.5 Å². The lowest BCUT2D eigenvalue weighted by atomic mass is 10.1. The van der Waals surface area contributed by atoms with Gasteiger partial charge in [0, 0.05) is 10.9 Å². The summed E-state index contributed by atoms with van der Waals surface area (Å²) < 4.78 is 15.9. The number of ether oxygens (including phenoxy) is 2. The third-order valence-electron chi connectivity index (χ3n) is 4.06. The molecule has 25 heavy (non-hydrogen) atoms. The number of hydrogen-bond donors (Lipinski definition) is 1. The molecule has 0 radical (unpaired) electrons. The van der Waals surface area contributed by atoms with E-state index in [1.807, 2.05) is 49.4 Å². The van der Waals surface area contributed by atoms with Crippen molar-refractivity contribution >= 4 is 16.9 Å². The van der Waals surface area contributed by atoms with E-state index in [1.165, 1.54) is 0 Å². The number of nitrogens with zero attached hydrogens (tertiary/aromatic N) is 1. The molecule has 0 bridgehead atoms. The van der Waals surface area contributed by atoms with Crippen molar-refractivity contribution < 1.29 is 18.8 Å². The summed E-state index contributed by atoms with van der Waals surface area (Å²) in [4.78, 5) is 12.4. The van der Waals surface area contributed by atoms with Crippen LogP contribution in [0.5, 0.6) is 11.5 Å². The van der Waals surface area contributed by atoms with E-state index in [9.17, 15) is 4.79 Å². The molecule has 1 amide bonds. The van der Waals surface area contributed by atoms with Crippen molar-refractivity contribution in [1.82, 2.24) is 10.5 Å². The normalized spacial score (nSPS) is 12.0. The predicted molar refractivity (Wildman–Crippen MR) is 93.8 cm³/mol. The number of para-hydroxylation sites is 1. The first kappa shape index (κ1) is 16.8. The fourth-order valence-corrected chi connectivity index (χ4v) is 2.77. The molecule has 3 rings (SSSR count). The Morgan fingerprint density at radius 1 is 1.20 bits per heavy atom. The van der Waals surface area contributed by atoms with Crippen molar-refractivity contribution in [3.63, 3.8) is 0 Å². The second-order valence-corrected chi connectivity index (χ2v) is 5.70. The SMILES string of the molecule is COc1ccc(OC)c([C@@H](C)NC(=O)Cc2noc3ccccc23)c1. The van der Waals surface area contributed by atoms with Gasteiger partial charge < -0.3 is 19.3 Å². The molecule has 0 saturated heterocycles. The average Bonchev–Trinajstić information content (AvgIpc) is 3.04. The van der Waals surface area contributed by atoms with Crippen LogP contribution in [0.15, 0.2) is 47.0 Å². The van der Waals surface area contributed by atoms with Crippen LogP contribution in [0.1, 0.15) is 24.2 Å². The maximum atomic E-state index is 12.4. The lowest BCUT2D eigenvalue weighted by Crippen LogP contribution is -2.28. The number of aromatic nitrogens is 1. The standard InChI is InChI=1S/C19H20N2O4/c1-12(15-10-13(23-2)8-9-17(15)24-3)20-19(22)11-16-14-6-4-5-7-18(14)25-21-16/h4-10,12H,11H2,1-3H3,(H,20,22)/t12-/m1/s1. The highest BCUT2D eigenvalue weighted by Crippen LogP contribution is 2.29. The molecule has 2 aromatic carbocycles. The number of nitrogens with one attached hydrogen (secondary N) is 1. The van der Waals surface area contributed by atoms with Gasteiger partial charge in [0.15, 0.2) is 5.58 Å². The molecule has 0 unspecified atom stereocenters. The Morgan fingerprint density at radius 3 is 2.76 bits per heavy atom. The Hall–Kier alpha value is -3.02. The zero-order chi connectivity index (χ0) is 17.8. The molecule has 3 aromatic rings. The van der Waals surface area contributed by atoms with Gasteiger partial charge in [0.25, 0.3) is 0 Å². The molecule has 0 aliphatic rings. The van der Waals surface area contributed by atoms with Crippen molar-refractivity contribution in [3.8, 4) is 11.5 Å². The Balaban J connectivity index is 1.74. The molecule has 1 aromatic heterocycles. The first-order valence-electron chi connectivity index (χ1n) is 7.97. The van der Waals surface area contributed by atoms with Crippen molar-refractivity contribution in [2.75, 3.05) is 14.2 Å². The third kappa shape index (κ3) is 3.57. The molecule has 1 atom stereocenters. The molecule has 0 saturated carbocycles. The summed E-state index contributed by atoms with van der Waals surface area (Å²) in [7, 11) is 3.20. The molecule has 6 heteroatoms. The summed E-state index contributed by atoms with van der Waals surface area (Å²) in [5, 5.41) is 7.82. The van der Waals surface area contributed by atoms with Crippen molar-refractivity contribution in [2.45, 2.75) is 19.4 Å². The van der Waals surface area contributed by atoms with Gasteiger partial charge in [-0.05, 0) is 37.3 Å². The van der Waals surface area contributed by atoms with E-state index in [1.54, 1.807) is 14.2 Å². The summed E-state index contributed by atoms with van der Waals surface area (Å²) in [6.07, 6.45) is 0.146. The molecule has 0 fully saturated rings. The number of hydrogen-bond acceptors (Lipinski definition) is 5. The number of methoxy groups -OCH3 is 2. The van der Waals surface area contributed by atoms with Gasteiger partial charge >= 0.3 is 0 Å². The Kier molecular flexibility index (Phi) is 4.88. The molecular weight excluding hydrogens is 320 g/mol. The average molecular weight is 340 g/mol. The quantitative estimate of drug-likeness (QED) is 0.745. The van der Waals surface area contributed by atoms with Crippen LogP contribution in [-0.2, 0) is 11.2 Å². The molecule has 1 heterocycles. The van der Waals surface area contributed by atoms with E-state index >= 15 is 0 Å². The molecule has 130 valence electrons. The van der Waals surface area contributed by atoms with E-state index in [4.69, 9.17) is 14.0 Å². The summed E-state index contributed by atoms with van der Waals surface area (Å²) in [5.41, 5.74) is 2.14. The fraction of sp³-hybridized carbons (Fsp3) is 0.263. The van der Waals surface area contributed by atoms with Crippen molar-refractivity contribution in [1.29, 1.82) is 0 Å². The molecule has 6 nitrogen and oxygen atoms in total. The largest absolute Gasteiger partial charge is 0.497 e. The monoisotopic (exact) mass is 340 g/mol. The maximum Gasteiger partial charge on any atom is 0.226 e. The first-order chi connectivity index (χ1) is 12.1. The van der Waals surface area contributed by atoms with E-state index in [0.29, 0.717) is 22.8 Å². The van der Waals surface area contributed by atoms with Gasteiger partial charge in [0.1, 0.15) is 17.2 Å². The van der Waals surface area contributed by atoms with Crippen LogP contribution >= 0.6 is 0 Å². The number of carbonyl (C=O) groups is 1. The van der Waals surface area contributed by atoms with Gasteiger partial charge in [-0.25, -0.2) is 0 Å². The second kappa shape index (κ2) is 7.25. The van der Waals surface area contributed by atoms with Crippen molar-refractivity contribution in [3.05, 3.63) is 53.7 Å². The summed E-state index contributed by atoms with van der Waals surface area (Å²) in [6, 6.07) is 12.7. The topological polar surface area (TPSA) is 73.6 Å².